The molecule has 82 valence electrons. The van der Waals surface area contributed by atoms with Crippen molar-refractivity contribution < 1.29 is 4.39 Å². The number of hydrogen-bond acceptors (Lipinski definition) is 4. The maximum absolute atomic E-state index is 12.7. The molecule has 0 saturated heterocycles. The molecule has 16 heavy (non-hydrogen) atoms. The van der Waals surface area contributed by atoms with Crippen molar-refractivity contribution in [3.63, 3.8) is 0 Å². The van der Waals surface area contributed by atoms with Gasteiger partial charge in [-0.2, -0.15) is 4.98 Å². The highest BCUT2D eigenvalue weighted by molar-refractivity contribution is 5.73. The third-order valence-electron chi connectivity index (χ3n) is 2.20. The second kappa shape index (κ2) is 4.14. The summed E-state index contributed by atoms with van der Waals surface area (Å²) < 4.78 is 12.7. The molecule has 0 amide bonds. The van der Waals surface area contributed by atoms with E-state index in [4.69, 9.17) is 5.73 Å². The summed E-state index contributed by atoms with van der Waals surface area (Å²) in [6.45, 7) is 0. The Kier molecular flexibility index (Phi) is 2.68. The van der Waals surface area contributed by atoms with E-state index in [9.17, 15) is 4.39 Å². The summed E-state index contributed by atoms with van der Waals surface area (Å²) in [5.41, 5.74) is 7.27. The highest BCUT2D eigenvalue weighted by Crippen LogP contribution is 2.24. The van der Waals surface area contributed by atoms with Gasteiger partial charge in [-0.15, -0.1) is 0 Å². The van der Waals surface area contributed by atoms with Gasteiger partial charge in [-0.25, -0.2) is 9.37 Å². The number of nitrogens with one attached hydrogen (secondary N) is 1. The molecule has 4 nitrogen and oxygen atoms in total. The van der Waals surface area contributed by atoms with Crippen molar-refractivity contribution in [1.29, 1.82) is 0 Å². The number of nitrogens with zero attached hydrogens (tertiary/aromatic N) is 2. The maximum atomic E-state index is 12.7. The molecule has 3 N–H and O–H groups in total. The standard InChI is InChI=1S/C11H11FN4/c1-14-11-15-6-9(10(13)16-11)7-2-4-8(12)5-3-7/h2-6H,1H3,(H3,13,14,15,16). The monoisotopic (exact) mass is 218 g/mol. The number of aromatic nitrogens is 2. The van der Waals surface area contributed by atoms with Crippen LogP contribution in [0.3, 0.4) is 0 Å². The van der Waals surface area contributed by atoms with E-state index in [0.717, 1.165) is 5.56 Å². The predicted molar refractivity (Wildman–Crippen MR) is 61.4 cm³/mol. The van der Waals surface area contributed by atoms with Crippen LogP contribution in [0.5, 0.6) is 0 Å². The molecule has 0 unspecified atom stereocenters. The van der Waals surface area contributed by atoms with Crippen molar-refractivity contribution in [3.8, 4) is 11.1 Å². The van der Waals surface area contributed by atoms with Gasteiger partial charge in [0.15, 0.2) is 0 Å². The summed E-state index contributed by atoms with van der Waals surface area (Å²) in [5, 5.41) is 2.79. The van der Waals surface area contributed by atoms with Gasteiger partial charge >= 0.3 is 0 Å². The molecule has 2 rings (SSSR count). The average molecular weight is 218 g/mol. The van der Waals surface area contributed by atoms with E-state index in [-0.39, 0.29) is 5.82 Å². The lowest BCUT2D eigenvalue weighted by atomic mass is 10.1. The van der Waals surface area contributed by atoms with E-state index in [1.54, 1.807) is 25.4 Å². The van der Waals surface area contributed by atoms with E-state index in [1.807, 2.05) is 0 Å². The number of halogens is 1. The van der Waals surface area contributed by atoms with Crippen molar-refractivity contribution in [2.24, 2.45) is 0 Å². The average Bonchev–Trinajstić information content (AvgIpc) is 2.30. The molecule has 1 heterocycles. The van der Waals surface area contributed by atoms with Gasteiger partial charge in [0.2, 0.25) is 5.95 Å². The molecule has 2 aromatic rings. The van der Waals surface area contributed by atoms with Gasteiger partial charge in [0.25, 0.3) is 0 Å². The normalized spacial score (nSPS) is 10.1. The lowest BCUT2D eigenvalue weighted by Crippen LogP contribution is -2.01. The molecular formula is C11H11FN4. The topological polar surface area (TPSA) is 63.8 Å². The molecular weight excluding hydrogens is 207 g/mol. The van der Waals surface area contributed by atoms with E-state index in [0.29, 0.717) is 17.3 Å². The Balaban J connectivity index is 2.44. The van der Waals surface area contributed by atoms with Crippen LogP contribution < -0.4 is 11.1 Å². The van der Waals surface area contributed by atoms with Crippen molar-refractivity contribution in [2.75, 3.05) is 18.1 Å². The maximum Gasteiger partial charge on any atom is 0.224 e. The zero-order valence-corrected chi connectivity index (χ0v) is 8.74. The zero-order chi connectivity index (χ0) is 11.5. The molecule has 0 aliphatic rings. The van der Waals surface area contributed by atoms with Crippen molar-refractivity contribution in [3.05, 3.63) is 36.3 Å². The molecule has 1 aromatic carbocycles. The molecule has 0 bridgehead atoms. The lowest BCUT2D eigenvalue weighted by molar-refractivity contribution is 0.628. The number of nitrogens with two attached hydrogens (primary N) is 1. The fraction of sp³-hybridized carbons (Fsp3) is 0.0909. The van der Waals surface area contributed by atoms with Crippen LogP contribution in [0.4, 0.5) is 16.2 Å². The first-order valence-corrected chi connectivity index (χ1v) is 4.77. The summed E-state index contributed by atoms with van der Waals surface area (Å²) >= 11 is 0. The lowest BCUT2D eigenvalue weighted by Gasteiger charge is -2.06. The van der Waals surface area contributed by atoms with Crippen LogP contribution in [0.15, 0.2) is 30.5 Å². The first kappa shape index (κ1) is 10.4. The van der Waals surface area contributed by atoms with Gasteiger partial charge in [0.05, 0.1) is 0 Å². The third-order valence-corrected chi connectivity index (χ3v) is 2.20. The Morgan fingerprint density at radius 3 is 2.50 bits per heavy atom. The molecule has 5 heteroatoms. The fourth-order valence-electron chi connectivity index (χ4n) is 1.37. The Hall–Kier alpha value is -2.17. The van der Waals surface area contributed by atoms with Gasteiger partial charge < -0.3 is 11.1 Å². The first-order chi connectivity index (χ1) is 7.70. The number of anilines is 2. The van der Waals surface area contributed by atoms with E-state index < -0.39 is 0 Å². The second-order valence-corrected chi connectivity index (χ2v) is 3.25. The minimum Gasteiger partial charge on any atom is -0.383 e. The Morgan fingerprint density at radius 1 is 1.25 bits per heavy atom. The highest BCUT2D eigenvalue weighted by atomic mass is 19.1. The van der Waals surface area contributed by atoms with E-state index in [2.05, 4.69) is 15.3 Å². The highest BCUT2D eigenvalue weighted by Gasteiger charge is 2.05. The number of benzene rings is 1. The summed E-state index contributed by atoms with van der Waals surface area (Å²) in [4.78, 5) is 8.11. The van der Waals surface area contributed by atoms with Crippen LogP contribution in [0.2, 0.25) is 0 Å². The predicted octanol–water partition coefficient (Wildman–Crippen LogP) is 1.91. The van der Waals surface area contributed by atoms with Crippen molar-refractivity contribution in [2.45, 2.75) is 0 Å². The van der Waals surface area contributed by atoms with Crippen LogP contribution in [-0.4, -0.2) is 17.0 Å². The SMILES string of the molecule is CNc1ncc(-c2ccc(F)cc2)c(N)n1. The first-order valence-electron chi connectivity index (χ1n) is 4.77. The van der Waals surface area contributed by atoms with Gasteiger partial charge in [0, 0.05) is 18.8 Å². The Labute approximate surface area is 92.3 Å². The molecule has 0 aliphatic heterocycles. The number of hydrogen-bond donors (Lipinski definition) is 2. The van der Waals surface area contributed by atoms with E-state index in [1.165, 1.54) is 12.1 Å². The van der Waals surface area contributed by atoms with Crippen LogP contribution >= 0.6 is 0 Å². The largest absolute Gasteiger partial charge is 0.383 e. The van der Waals surface area contributed by atoms with Gasteiger partial charge in [0.1, 0.15) is 11.6 Å². The number of rotatable bonds is 2. The van der Waals surface area contributed by atoms with Crippen molar-refractivity contribution in [1.82, 2.24) is 9.97 Å². The van der Waals surface area contributed by atoms with Crippen LogP contribution in [0.25, 0.3) is 11.1 Å². The van der Waals surface area contributed by atoms with Crippen LogP contribution in [0, 0.1) is 5.82 Å². The second-order valence-electron chi connectivity index (χ2n) is 3.25. The van der Waals surface area contributed by atoms with Gasteiger partial charge in [-0.3, -0.25) is 0 Å². The van der Waals surface area contributed by atoms with Gasteiger partial charge in [-0.1, -0.05) is 12.1 Å². The molecule has 0 atom stereocenters. The summed E-state index contributed by atoms with van der Waals surface area (Å²) in [5.74, 6) is 0.546. The van der Waals surface area contributed by atoms with E-state index >= 15 is 0 Å². The number of nitrogen functional groups attached to an aromatic ring is 1. The Bertz CT molecular complexity index is 496. The minimum absolute atomic E-state index is 0.282. The quantitative estimate of drug-likeness (QED) is 0.808. The van der Waals surface area contributed by atoms with Gasteiger partial charge in [-0.05, 0) is 17.7 Å². The van der Waals surface area contributed by atoms with Crippen LogP contribution in [0.1, 0.15) is 0 Å². The smallest absolute Gasteiger partial charge is 0.224 e. The zero-order valence-electron chi connectivity index (χ0n) is 8.74. The molecule has 0 fully saturated rings. The Morgan fingerprint density at radius 2 is 1.94 bits per heavy atom. The summed E-state index contributed by atoms with van der Waals surface area (Å²) in [7, 11) is 1.71. The minimum atomic E-state index is -0.282. The molecule has 0 aliphatic carbocycles. The molecule has 0 saturated carbocycles. The van der Waals surface area contributed by atoms with Crippen molar-refractivity contribution >= 4 is 11.8 Å². The molecule has 0 radical (unpaired) electrons. The third kappa shape index (κ3) is 1.93. The van der Waals surface area contributed by atoms with Crippen LogP contribution in [-0.2, 0) is 0 Å². The molecule has 0 spiro atoms. The summed E-state index contributed by atoms with van der Waals surface area (Å²) in [6.07, 6.45) is 1.61. The fourth-order valence-corrected chi connectivity index (χ4v) is 1.37. The summed E-state index contributed by atoms with van der Waals surface area (Å²) in [6, 6.07) is 6.04. The molecule has 1 aromatic heterocycles.